The first-order valence-corrected chi connectivity index (χ1v) is 58.9. The van der Waals surface area contributed by atoms with Crippen LogP contribution in [-0.4, -0.2) is 25.7 Å². The number of ether oxygens (including phenoxy) is 8. The molecule has 0 N–H and O–H groups in total. The average molecular weight is 3130 g/mol. The lowest BCUT2D eigenvalue weighted by Crippen LogP contribution is -2.30. The molecule has 20 rings (SSSR count). The van der Waals surface area contributed by atoms with Crippen molar-refractivity contribution in [3.8, 4) is 65.6 Å². The fourth-order valence-electron chi connectivity index (χ4n) is 15.2. The van der Waals surface area contributed by atoms with Crippen LogP contribution in [0.25, 0.3) is 100 Å². The number of hydrogen-bond donors (Lipinski definition) is 0. The van der Waals surface area contributed by atoms with Gasteiger partial charge in [-0.3, -0.25) is 0 Å². The largest absolute Gasteiger partial charge is 0.457 e. The van der Waals surface area contributed by atoms with Gasteiger partial charge in [0.15, 0.2) is 74.4 Å². The lowest BCUT2D eigenvalue weighted by Gasteiger charge is -2.25. The molecule has 3 unspecified atom stereocenters. The second kappa shape index (κ2) is 45.0. The molecule has 0 saturated heterocycles. The van der Waals surface area contributed by atoms with Crippen molar-refractivity contribution in [1.82, 2.24) is 0 Å². The van der Waals surface area contributed by atoms with Crippen LogP contribution in [0.15, 0.2) is 340 Å². The quantitative estimate of drug-likeness (QED) is 0.0378. The second-order valence-electron chi connectivity index (χ2n) is 30.0. The Morgan fingerprint density at radius 2 is 0.462 bits per heavy atom. The number of halogens is 12. The van der Waals surface area contributed by atoms with Gasteiger partial charge in [-0.05, 0) is 465 Å². The first kappa shape index (κ1) is 97.2. The topological polar surface area (TPSA) is 73.8 Å². The zero-order valence-corrected chi connectivity index (χ0v) is 98.6. The molecular weight excluding hydrogens is 3050 g/mol. The third kappa shape index (κ3) is 22.4. The summed E-state index contributed by atoms with van der Waals surface area (Å²) in [6.07, 6.45) is -0.347. The molecule has 0 amide bonds. The van der Waals surface area contributed by atoms with Gasteiger partial charge in [-0.25, -0.2) is 0 Å². The molecule has 0 spiro atoms. The van der Waals surface area contributed by atoms with Crippen molar-refractivity contribution < 1.29 is 37.9 Å². The van der Waals surface area contributed by atoms with Crippen molar-refractivity contribution in [3.05, 3.63) is 383 Å². The Hall–Kier alpha value is -4.44. The zero-order chi connectivity index (χ0) is 90.4. The Balaban J connectivity index is 0.000000122. The first-order chi connectivity index (χ1) is 63.1. The summed E-state index contributed by atoms with van der Waals surface area (Å²) in [5, 5.41) is 10.8. The average Bonchev–Trinajstić information content (AvgIpc) is 1.62. The number of rotatable bonds is 22. The summed E-state index contributed by atoms with van der Waals surface area (Å²) in [4.78, 5) is 5.20. The van der Waals surface area contributed by atoms with E-state index in [1.165, 1.54) is 115 Å². The maximum Gasteiger partial charge on any atom is 0.243 e. The van der Waals surface area contributed by atoms with Gasteiger partial charge in [0.25, 0.3) is 0 Å². The van der Waals surface area contributed by atoms with Crippen LogP contribution in [0.1, 0.15) is 34.1 Å². The van der Waals surface area contributed by atoms with E-state index in [9.17, 15) is 0 Å². The second-order valence-corrected chi connectivity index (χ2v) is 52.1. The van der Waals surface area contributed by atoms with Crippen molar-refractivity contribution in [2.75, 3.05) is 6.79 Å². The van der Waals surface area contributed by atoms with Gasteiger partial charge in [0.1, 0.15) is 28.7 Å². The molecule has 0 aliphatic heterocycles. The molecule has 3 atom stereocenters. The molecular formula is C106H76I12O8S4+4. The van der Waals surface area contributed by atoms with Crippen LogP contribution in [0.4, 0.5) is 0 Å². The minimum Gasteiger partial charge on any atom is -0.457 e. The molecule has 0 bridgehead atoms. The number of thiophene rings is 4. The molecule has 24 heteroatoms. The van der Waals surface area contributed by atoms with Gasteiger partial charge >= 0.3 is 0 Å². The lowest BCUT2D eigenvalue weighted by molar-refractivity contribution is -0.0309. The predicted octanol–water partition coefficient (Wildman–Crippen LogP) is 38.0. The van der Waals surface area contributed by atoms with Crippen molar-refractivity contribution in [2.24, 2.45) is 5.92 Å². The lowest BCUT2D eigenvalue weighted by atomic mass is 10.2. The Morgan fingerprint density at radius 3 is 0.731 bits per heavy atom. The van der Waals surface area contributed by atoms with Crippen LogP contribution in [0.5, 0.6) is 46.0 Å². The Bertz CT molecular complexity index is 7210. The minimum atomic E-state index is -0.390. The molecule has 0 radical (unpaired) electrons. The number of fused-ring (bicyclic) bond motifs is 12. The summed E-state index contributed by atoms with van der Waals surface area (Å²) in [5.41, 5.74) is 0. The summed E-state index contributed by atoms with van der Waals surface area (Å²) in [6.45, 7) is 8.45. The van der Waals surface area contributed by atoms with Crippen molar-refractivity contribution in [1.29, 1.82) is 0 Å². The molecule has 4 aromatic heterocycles. The van der Waals surface area contributed by atoms with Gasteiger partial charge < -0.3 is 37.9 Å². The normalized spacial score (nSPS) is 12.0. The van der Waals surface area contributed by atoms with Gasteiger partial charge in [0, 0.05) is 167 Å². The predicted molar refractivity (Wildman–Crippen MR) is 652 cm³/mol. The fraction of sp³-hybridized carbons (Fsp3) is 0.0943. The molecule has 8 nitrogen and oxygen atoms in total. The summed E-state index contributed by atoms with van der Waals surface area (Å²) in [7, 11) is -0.366. The van der Waals surface area contributed by atoms with E-state index in [2.05, 4.69) is 619 Å². The summed E-state index contributed by atoms with van der Waals surface area (Å²) in [5.74, 6) is 6.98. The van der Waals surface area contributed by atoms with Crippen LogP contribution in [-0.2, 0) is 0 Å². The van der Waals surface area contributed by atoms with Gasteiger partial charge in [-0.2, -0.15) is 0 Å². The minimum absolute atomic E-state index is 0.0822. The van der Waals surface area contributed by atoms with E-state index >= 15 is 0 Å². The van der Waals surface area contributed by atoms with Crippen molar-refractivity contribution >= 4 is 394 Å². The Morgan fingerprint density at radius 1 is 0.231 bits per heavy atom. The van der Waals surface area contributed by atoms with Gasteiger partial charge in [-0.15, -0.1) is 0 Å². The van der Waals surface area contributed by atoms with E-state index in [-0.39, 0.29) is 67.2 Å². The van der Waals surface area contributed by atoms with E-state index < -0.39 is 6.29 Å². The highest BCUT2D eigenvalue weighted by molar-refractivity contribution is 14.1. The van der Waals surface area contributed by atoms with Gasteiger partial charge in [0.05, 0.1) is 28.6 Å². The van der Waals surface area contributed by atoms with Crippen molar-refractivity contribution in [2.45, 2.75) is 53.0 Å². The standard InChI is InChI=1S/C28H22I3O2S.C27H20I3O2S.C26H18I3O2S.C25H16I3O2S/c1-17(2)28(33-27-23(30)15-18(29)16-24(27)31)32-19-11-13-20(14-12-19)34-25-9-5-3-7-21(25)22-8-4-6-10-26(22)34;1-2-26(32-27-22(29)15-17(28)16-23(27)30)31-18-11-13-19(14-12-18)33-24-9-5-3-7-20(24)21-8-4-6-10-25(21)33;1-16(31-26-22(28)14-17(27)15-23(26)29)30-18-10-12-19(13-11-18)32-24-8-4-2-6-20(24)21-7-3-5-9-25(21)32;26-16-13-21(27)25(22(28)14-16)30-15-29-17-9-11-18(12-10-17)31-23-7-3-1-5-19(23)20-6-2-4-8-24(20)31/h3-17,28H,1-2H3;3-16,26H,2H2,1H3;2-16H,1H3;1-14H,15H2/q4*+1. The summed E-state index contributed by atoms with van der Waals surface area (Å²) < 4.78 is 73.9. The van der Waals surface area contributed by atoms with E-state index in [1.807, 2.05) is 19.1 Å². The third-order valence-electron chi connectivity index (χ3n) is 21.0. The molecule has 0 aliphatic carbocycles. The molecule has 0 fully saturated rings. The fourth-order valence-corrected chi connectivity index (χ4v) is 40.1. The molecule has 20 aromatic rings. The first-order valence-electron chi connectivity index (χ1n) is 41.0. The molecule has 16 aromatic carbocycles. The van der Waals surface area contributed by atoms with E-state index in [0.717, 1.165) is 81.0 Å². The molecule has 652 valence electrons. The molecule has 0 aliphatic rings. The van der Waals surface area contributed by atoms with Crippen LogP contribution < -0.4 is 37.9 Å². The van der Waals surface area contributed by atoms with Gasteiger partial charge in [0.2, 0.25) is 25.7 Å². The van der Waals surface area contributed by atoms with Gasteiger partial charge in [-0.1, -0.05) is 118 Å². The smallest absolute Gasteiger partial charge is 0.243 e. The monoisotopic (exact) mass is 3130 g/mol. The van der Waals surface area contributed by atoms with Crippen LogP contribution >= 0.6 is 313 Å². The molecule has 0 saturated carbocycles. The zero-order valence-electron chi connectivity index (χ0n) is 69.5. The SMILES string of the molecule is CC(C)C(Oc1ccc(-[s+]2c3ccccc3c3ccccc32)cc1)Oc1c(I)cc(I)cc1I.CC(Oc1ccc(-[s+]2c3ccccc3c3ccccc32)cc1)Oc1c(I)cc(I)cc1I.CCC(Oc1ccc(-[s+]2c3ccccc3c3ccccc32)cc1)Oc1c(I)cc(I)cc1I.Ic1cc(I)c(OCOc2ccc(-[s+]3c4ccccc4c4ccccc43)cc2)c(I)c1. The number of benzene rings is 16. The van der Waals surface area contributed by atoms with Crippen LogP contribution in [0.2, 0.25) is 0 Å². The highest BCUT2D eigenvalue weighted by atomic mass is 127. The highest BCUT2D eigenvalue weighted by Gasteiger charge is 2.30. The molecule has 130 heavy (non-hydrogen) atoms. The maximum atomic E-state index is 6.38. The Kier molecular flexibility index (Phi) is 33.7. The van der Waals surface area contributed by atoms with Crippen LogP contribution in [0.3, 0.4) is 0 Å². The van der Waals surface area contributed by atoms with Crippen LogP contribution in [0, 0.1) is 48.8 Å². The third-order valence-corrected chi connectivity index (χ3v) is 39.2. The summed E-state index contributed by atoms with van der Waals surface area (Å²) >= 11 is 27.9. The maximum absolute atomic E-state index is 6.38. The van der Waals surface area contributed by atoms with E-state index in [0.29, 0.717) is 0 Å². The Labute approximate surface area is 930 Å². The van der Waals surface area contributed by atoms with Crippen molar-refractivity contribution in [3.63, 3.8) is 0 Å². The summed E-state index contributed by atoms with van der Waals surface area (Å²) in [6, 6.07) is 121. The highest BCUT2D eigenvalue weighted by Crippen LogP contribution is 2.54. The number of hydrogen-bond acceptors (Lipinski definition) is 8. The van der Waals surface area contributed by atoms with E-state index in [4.69, 9.17) is 37.9 Å². The van der Waals surface area contributed by atoms with E-state index in [1.54, 1.807) is 0 Å². The molecule has 4 heterocycles.